The van der Waals surface area contributed by atoms with Crippen LogP contribution in [0.4, 0.5) is 11.4 Å². The number of carbonyl (C=O) groups is 3. The number of amides is 1. The van der Waals surface area contributed by atoms with Crippen LogP contribution in [-0.4, -0.2) is 31.3 Å². The highest BCUT2D eigenvalue weighted by Gasteiger charge is 2.15. The highest BCUT2D eigenvalue weighted by atomic mass is 16.5. The number of nitrogens with one attached hydrogen (secondary N) is 2. The quantitative estimate of drug-likeness (QED) is 0.472. The minimum absolute atomic E-state index is 0.234. The zero-order valence-corrected chi connectivity index (χ0v) is 15.8. The molecule has 3 aromatic rings. The zero-order chi connectivity index (χ0) is 20.6. The van der Waals surface area contributed by atoms with E-state index in [0.717, 1.165) is 0 Å². The Kier molecular flexibility index (Phi) is 6.37. The van der Waals surface area contributed by atoms with Gasteiger partial charge in [-0.05, 0) is 48.5 Å². The van der Waals surface area contributed by atoms with E-state index in [1.807, 2.05) is 6.07 Å². The highest BCUT2D eigenvalue weighted by Crippen LogP contribution is 2.16. The molecule has 0 aliphatic carbocycles. The largest absolute Gasteiger partial charge is 0.454 e. The van der Waals surface area contributed by atoms with Gasteiger partial charge in [0.1, 0.15) is 0 Å². The van der Waals surface area contributed by atoms with Gasteiger partial charge in [-0.3, -0.25) is 9.59 Å². The number of hydrogen-bond donors (Lipinski definition) is 2. The van der Waals surface area contributed by atoms with E-state index in [1.54, 1.807) is 79.8 Å². The van der Waals surface area contributed by atoms with E-state index in [1.165, 1.54) is 0 Å². The Bertz CT molecular complexity index is 1010. The Morgan fingerprint density at radius 3 is 2.14 bits per heavy atom. The summed E-state index contributed by atoms with van der Waals surface area (Å²) in [5.41, 5.74) is 2.49. The first-order chi connectivity index (χ1) is 14.1. The topological polar surface area (TPSA) is 84.5 Å². The van der Waals surface area contributed by atoms with Crippen LogP contribution >= 0.6 is 0 Å². The summed E-state index contributed by atoms with van der Waals surface area (Å²) in [5.74, 6) is -1.14. The van der Waals surface area contributed by atoms with Gasteiger partial charge in [-0.25, -0.2) is 4.79 Å². The van der Waals surface area contributed by atoms with Crippen molar-refractivity contribution in [1.29, 1.82) is 0 Å². The van der Waals surface area contributed by atoms with Crippen LogP contribution < -0.4 is 10.6 Å². The summed E-state index contributed by atoms with van der Waals surface area (Å²) in [6.07, 6.45) is 0. The Morgan fingerprint density at radius 2 is 1.45 bits per heavy atom. The van der Waals surface area contributed by atoms with Gasteiger partial charge in [-0.2, -0.15) is 0 Å². The number of esters is 1. The molecule has 29 heavy (non-hydrogen) atoms. The van der Waals surface area contributed by atoms with Gasteiger partial charge >= 0.3 is 5.97 Å². The lowest BCUT2D eigenvalue weighted by molar-refractivity contribution is 0.0475. The van der Waals surface area contributed by atoms with Crippen LogP contribution in [-0.2, 0) is 4.74 Å². The molecule has 0 saturated carbocycles. The minimum Gasteiger partial charge on any atom is -0.454 e. The van der Waals surface area contributed by atoms with Crippen LogP contribution in [0.1, 0.15) is 31.1 Å². The number of rotatable bonds is 7. The van der Waals surface area contributed by atoms with Crippen molar-refractivity contribution in [2.45, 2.75) is 0 Å². The van der Waals surface area contributed by atoms with Gasteiger partial charge in [0.15, 0.2) is 12.4 Å². The van der Waals surface area contributed by atoms with Crippen molar-refractivity contribution < 1.29 is 19.1 Å². The molecule has 6 heteroatoms. The molecule has 0 bridgehead atoms. The number of hydrogen-bond acceptors (Lipinski definition) is 5. The molecule has 0 saturated heterocycles. The maximum Gasteiger partial charge on any atom is 0.340 e. The van der Waals surface area contributed by atoms with Crippen LogP contribution in [0.5, 0.6) is 0 Å². The van der Waals surface area contributed by atoms with E-state index in [4.69, 9.17) is 4.74 Å². The molecule has 3 rings (SSSR count). The summed E-state index contributed by atoms with van der Waals surface area (Å²) >= 11 is 0. The van der Waals surface area contributed by atoms with Crippen LogP contribution in [0.3, 0.4) is 0 Å². The molecule has 3 aromatic carbocycles. The predicted octanol–water partition coefficient (Wildman–Crippen LogP) is 4.02. The smallest absolute Gasteiger partial charge is 0.340 e. The Morgan fingerprint density at radius 1 is 0.793 bits per heavy atom. The summed E-state index contributed by atoms with van der Waals surface area (Å²) in [7, 11) is 1.70. The van der Waals surface area contributed by atoms with Gasteiger partial charge in [-0.15, -0.1) is 0 Å². The van der Waals surface area contributed by atoms with Crippen molar-refractivity contribution >= 4 is 29.0 Å². The molecule has 0 aliphatic heterocycles. The van der Waals surface area contributed by atoms with Gasteiger partial charge in [0.2, 0.25) is 0 Å². The normalized spacial score (nSPS) is 10.1. The van der Waals surface area contributed by atoms with Crippen molar-refractivity contribution in [2.75, 3.05) is 24.3 Å². The molecule has 0 atom stereocenters. The SMILES string of the molecule is CNc1ccccc1C(=O)OCC(=O)c1ccc(NC(=O)c2ccccc2)cc1. The van der Waals surface area contributed by atoms with Crippen LogP contribution in [0, 0.1) is 0 Å². The number of ketones is 1. The molecular weight excluding hydrogens is 368 g/mol. The van der Waals surface area contributed by atoms with E-state index < -0.39 is 5.97 Å². The second-order valence-corrected chi connectivity index (χ2v) is 6.19. The Balaban J connectivity index is 1.57. The average molecular weight is 388 g/mol. The maximum atomic E-state index is 12.3. The van der Waals surface area contributed by atoms with Crippen molar-refractivity contribution in [2.24, 2.45) is 0 Å². The fourth-order valence-electron chi connectivity index (χ4n) is 2.70. The molecule has 146 valence electrons. The minimum atomic E-state index is -0.574. The van der Waals surface area contributed by atoms with Gasteiger partial charge in [0.25, 0.3) is 5.91 Å². The first-order valence-corrected chi connectivity index (χ1v) is 9.02. The number of anilines is 2. The highest BCUT2D eigenvalue weighted by molar-refractivity contribution is 6.05. The van der Waals surface area contributed by atoms with Crippen LogP contribution in [0.15, 0.2) is 78.9 Å². The third-order valence-electron chi connectivity index (χ3n) is 4.25. The molecule has 0 radical (unpaired) electrons. The molecule has 0 aromatic heterocycles. The molecule has 1 amide bonds. The lowest BCUT2D eigenvalue weighted by Gasteiger charge is -2.09. The molecule has 2 N–H and O–H groups in total. The van der Waals surface area contributed by atoms with Crippen molar-refractivity contribution in [3.8, 4) is 0 Å². The molecule has 0 heterocycles. The third kappa shape index (κ3) is 5.07. The number of ether oxygens (including phenoxy) is 1. The number of carbonyl (C=O) groups excluding carboxylic acids is 3. The molecule has 0 fully saturated rings. The summed E-state index contributed by atoms with van der Waals surface area (Å²) in [6, 6.07) is 22.2. The summed E-state index contributed by atoms with van der Waals surface area (Å²) < 4.78 is 5.14. The fourth-order valence-corrected chi connectivity index (χ4v) is 2.70. The van der Waals surface area contributed by atoms with E-state index in [0.29, 0.717) is 28.1 Å². The lowest BCUT2D eigenvalue weighted by Crippen LogP contribution is -2.15. The molecular formula is C23H20N2O4. The second-order valence-electron chi connectivity index (χ2n) is 6.19. The van der Waals surface area contributed by atoms with Crippen molar-refractivity contribution in [3.05, 3.63) is 95.6 Å². The summed E-state index contributed by atoms with van der Waals surface area (Å²) in [6.45, 7) is -0.368. The first kappa shape index (κ1) is 19.8. The number of benzene rings is 3. The Hall–Kier alpha value is -3.93. The zero-order valence-electron chi connectivity index (χ0n) is 15.8. The van der Waals surface area contributed by atoms with Gasteiger partial charge < -0.3 is 15.4 Å². The average Bonchev–Trinajstić information content (AvgIpc) is 2.78. The lowest BCUT2D eigenvalue weighted by atomic mass is 10.1. The fraction of sp³-hybridized carbons (Fsp3) is 0.0870. The van der Waals surface area contributed by atoms with E-state index in [9.17, 15) is 14.4 Å². The maximum absolute atomic E-state index is 12.3. The Labute approximate surface area is 168 Å². The second kappa shape index (κ2) is 9.32. The molecule has 0 spiro atoms. The van der Waals surface area contributed by atoms with Crippen molar-refractivity contribution in [1.82, 2.24) is 0 Å². The summed E-state index contributed by atoms with van der Waals surface area (Å²) in [4.78, 5) is 36.7. The van der Waals surface area contributed by atoms with Gasteiger partial charge in [0.05, 0.1) is 5.56 Å². The van der Waals surface area contributed by atoms with Crippen molar-refractivity contribution in [3.63, 3.8) is 0 Å². The standard InChI is InChI=1S/C23H20N2O4/c1-24-20-10-6-5-9-19(20)23(28)29-15-21(26)16-11-13-18(14-12-16)25-22(27)17-7-3-2-4-8-17/h2-14,24H,15H2,1H3,(H,25,27). The number of para-hydroxylation sites is 1. The third-order valence-corrected chi connectivity index (χ3v) is 4.25. The summed E-state index contributed by atoms with van der Waals surface area (Å²) in [5, 5.41) is 5.68. The van der Waals surface area contributed by atoms with E-state index in [-0.39, 0.29) is 18.3 Å². The van der Waals surface area contributed by atoms with Crippen LogP contribution in [0.2, 0.25) is 0 Å². The predicted molar refractivity (Wildman–Crippen MR) is 111 cm³/mol. The van der Waals surface area contributed by atoms with Gasteiger partial charge in [0, 0.05) is 29.5 Å². The van der Waals surface area contributed by atoms with Gasteiger partial charge in [-0.1, -0.05) is 30.3 Å². The molecule has 6 nitrogen and oxygen atoms in total. The molecule has 0 unspecified atom stereocenters. The molecule has 0 aliphatic rings. The van der Waals surface area contributed by atoms with E-state index >= 15 is 0 Å². The van der Waals surface area contributed by atoms with Crippen LogP contribution in [0.25, 0.3) is 0 Å². The number of Topliss-reactive ketones (excluding diaryl/α,β-unsaturated/α-hetero) is 1. The first-order valence-electron chi connectivity index (χ1n) is 9.02. The van der Waals surface area contributed by atoms with E-state index in [2.05, 4.69) is 10.6 Å². The monoisotopic (exact) mass is 388 g/mol.